The minimum absolute atomic E-state index is 0.0710. The lowest BCUT2D eigenvalue weighted by Crippen LogP contribution is -2.44. The van der Waals surface area contributed by atoms with E-state index < -0.39 is 0 Å². The van der Waals surface area contributed by atoms with Crippen molar-refractivity contribution in [1.29, 1.82) is 0 Å². The molecule has 5 heteroatoms. The number of amides is 1. The van der Waals surface area contributed by atoms with Gasteiger partial charge in [-0.1, -0.05) is 24.3 Å². The number of anilines is 1. The van der Waals surface area contributed by atoms with Crippen LogP contribution in [0.5, 0.6) is 11.5 Å². The molecule has 2 aromatic rings. The van der Waals surface area contributed by atoms with Crippen LogP contribution in [0.1, 0.15) is 34.9 Å². The van der Waals surface area contributed by atoms with Gasteiger partial charge >= 0.3 is 0 Å². The first-order valence-corrected chi connectivity index (χ1v) is 8.13. The number of ether oxygens (including phenoxy) is 2. The fraction of sp³-hybridized carbons (Fsp3) is 0.316. The molecule has 1 aliphatic carbocycles. The number of nitrogens with one attached hydrogen (secondary N) is 1. The molecule has 1 heterocycles. The molecule has 124 valence electrons. The molecule has 2 aliphatic rings. The van der Waals surface area contributed by atoms with Crippen LogP contribution in [0.3, 0.4) is 0 Å². The van der Waals surface area contributed by atoms with E-state index in [0.29, 0.717) is 11.5 Å². The van der Waals surface area contributed by atoms with Gasteiger partial charge in [0.1, 0.15) is 6.17 Å². The zero-order valence-corrected chi connectivity index (χ0v) is 13.8. The summed E-state index contributed by atoms with van der Waals surface area (Å²) in [5.74, 6) is 1.40. The van der Waals surface area contributed by atoms with Crippen molar-refractivity contribution < 1.29 is 14.3 Å². The third-order valence-electron chi connectivity index (χ3n) is 4.63. The molecular weight excluding hydrogens is 304 g/mol. The molecule has 1 saturated carbocycles. The third-order valence-corrected chi connectivity index (χ3v) is 4.63. The number of methoxy groups -OCH3 is 2. The normalized spacial score (nSPS) is 19.5. The Hall–Kier alpha value is -2.69. The fourth-order valence-electron chi connectivity index (χ4n) is 3.35. The average Bonchev–Trinajstić information content (AvgIpc) is 3.45. The molecule has 1 unspecified atom stereocenters. The molecular formula is C19H20N2O3. The summed E-state index contributed by atoms with van der Waals surface area (Å²) in [6.07, 6.45) is 1.82. The van der Waals surface area contributed by atoms with E-state index in [4.69, 9.17) is 9.47 Å². The Morgan fingerprint density at radius 1 is 1.04 bits per heavy atom. The second-order valence-electron chi connectivity index (χ2n) is 6.12. The van der Waals surface area contributed by atoms with Gasteiger partial charge in [-0.05, 0) is 31.0 Å². The number of carbonyl (C=O) groups is 1. The van der Waals surface area contributed by atoms with E-state index in [9.17, 15) is 4.79 Å². The predicted octanol–water partition coefficient (Wildman–Crippen LogP) is 3.43. The van der Waals surface area contributed by atoms with Crippen LogP contribution < -0.4 is 14.8 Å². The molecule has 1 amide bonds. The maximum absolute atomic E-state index is 13.0. The lowest BCUT2D eigenvalue weighted by Gasteiger charge is -2.39. The highest BCUT2D eigenvalue weighted by atomic mass is 16.5. The zero-order valence-electron chi connectivity index (χ0n) is 13.8. The van der Waals surface area contributed by atoms with Crippen LogP contribution in [0, 0.1) is 0 Å². The summed E-state index contributed by atoms with van der Waals surface area (Å²) in [7, 11) is 3.25. The van der Waals surface area contributed by atoms with Crippen molar-refractivity contribution in [3.05, 3.63) is 53.6 Å². The van der Waals surface area contributed by atoms with Gasteiger partial charge in [0.15, 0.2) is 11.5 Å². The maximum atomic E-state index is 13.0. The second-order valence-corrected chi connectivity index (χ2v) is 6.12. The molecule has 0 aromatic heterocycles. The molecule has 5 nitrogen and oxygen atoms in total. The summed E-state index contributed by atoms with van der Waals surface area (Å²) >= 11 is 0. The monoisotopic (exact) mass is 324 g/mol. The van der Waals surface area contributed by atoms with Crippen LogP contribution in [0.4, 0.5) is 5.69 Å². The highest BCUT2D eigenvalue weighted by molar-refractivity contribution is 6.02. The van der Waals surface area contributed by atoms with Crippen molar-refractivity contribution in [3.8, 4) is 11.5 Å². The van der Waals surface area contributed by atoms with Crippen LogP contribution in [-0.2, 0) is 0 Å². The molecule has 0 bridgehead atoms. The summed E-state index contributed by atoms with van der Waals surface area (Å²) in [5.41, 5.74) is 2.49. The highest BCUT2D eigenvalue weighted by Crippen LogP contribution is 2.44. The van der Waals surface area contributed by atoms with Gasteiger partial charge in [0.05, 0.1) is 19.8 Å². The molecule has 0 saturated heterocycles. The number of benzene rings is 2. The Balaban J connectivity index is 1.84. The first kappa shape index (κ1) is 14.9. The van der Waals surface area contributed by atoms with E-state index in [1.165, 1.54) is 0 Å². The van der Waals surface area contributed by atoms with Gasteiger partial charge in [0.25, 0.3) is 5.91 Å². The van der Waals surface area contributed by atoms with Gasteiger partial charge in [-0.2, -0.15) is 0 Å². The predicted molar refractivity (Wildman–Crippen MR) is 91.5 cm³/mol. The SMILES string of the molecule is COc1cccc(C2Nc3ccccc3C(=O)N2C2CC2)c1OC. The molecule has 1 aliphatic heterocycles. The van der Waals surface area contributed by atoms with Gasteiger partial charge in [-0.25, -0.2) is 0 Å². The van der Waals surface area contributed by atoms with Crippen LogP contribution in [0.15, 0.2) is 42.5 Å². The smallest absolute Gasteiger partial charge is 0.258 e. The van der Waals surface area contributed by atoms with E-state index >= 15 is 0 Å². The van der Waals surface area contributed by atoms with Crippen molar-refractivity contribution in [2.75, 3.05) is 19.5 Å². The van der Waals surface area contributed by atoms with Crippen molar-refractivity contribution in [2.24, 2.45) is 0 Å². The van der Waals surface area contributed by atoms with Crippen LogP contribution >= 0.6 is 0 Å². The van der Waals surface area contributed by atoms with Gasteiger partial charge in [0, 0.05) is 17.3 Å². The summed E-state index contributed by atoms with van der Waals surface area (Å²) in [6.45, 7) is 0. The highest BCUT2D eigenvalue weighted by Gasteiger charge is 2.43. The number of para-hydroxylation sites is 2. The average molecular weight is 324 g/mol. The summed E-state index contributed by atoms with van der Waals surface area (Å²) < 4.78 is 11.0. The Morgan fingerprint density at radius 2 is 1.83 bits per heavy atom. The number of hydrogen-bond donors (Lipinski definition) is 1. The zero-order chi connectivity index (χ0) is 16.7. The molecule has 0 spiro atoms. The number of carbonyl (C=O) groups excluding carboxylic acids is 1. The molecule has 1 atom stereocenters. The second kappa shape index (κ2) is 5.74. The largest absolute Gasteiger partial charge is 0.493 e. The minimum Gasteiger partial charge on any atom is -0.493 e. The van der Waals surface area contributed by atoms with E-state index in [2.05, 4.69) is 5.32 Å². The molecule has 4 rings (SSSR count). The fourth-order valence-corrected chi connectivity index (χ4v) is 3.35. The lowest BCUT2D eigenvalue weighted by atomic mass is 10.0. The lowest BCUT2D eigenvalue weighted by molar-refractivity contribution is 0.0664. The van der Waals surface area contributed by atoms with Crippen molar-refractivity contribution in [1.82, 2.24) is 4.90 Å². The number of nitrogens with zero attached hydrogens (tertiary/aromatic N) is 1. The number of hydrogen-bond acceptors (Lipinski definition) is 4. The maximum Gasteiger partial charge on any atom is 0.258 e. The Morgan fingerprint density at radius 3 is 2.54 bits per heavy atom. The molecule has 1 fully saturated rings. The Kier molecular flexibility index (Phi) is 3.56. The number of rotatable bonds is 4. The van der Waals surface area contributed by atoms with E-state index in [1.807, 2.05) is 47.4 Å². The molecule has 24 heavy (non-hydrogen) atoms. The first-order valence-electron chi connectivity index (χ1n) is 8.13. The van der Waals surface area contributed by atoms with Crippen LogP contribution in [-0.4, -0.2) is 31.1 Å². The van der Waals surface area contributed by atoms with Crippen molar-refractivity contribution in [3.63, 3.8) is 0 Å². The summed E-state index contributed by atoms with van der Waals surface area (Å²) in [6, 6.07) is 13.7. The van der Waals surface area contributed by atoms with Gasteiger partial charge in [0.2, 0.25) is 0 Å². The van der Waals surface area contributed by atoms with Crippen LogP contribution in [0.25, 0.3) is 0 Å². The van der Waals surface area contributed by atoms with E-state index in [-0.39, 0.29) is 18.1 Å². The minimum atomic E-state index is -0.259. The van der Waals surface area contributed by atoms with Crippen molar-refractivity contribution >= 4 is 11.6 Å². The topological polar surface area (TPSA) is 50.8 Å². The third kappa shape index (κ3) is 2.28. The Labute approximate surface area is 141 Å². The van der Waals surface area contributed by atoms with E-state index in [1.54, 1.807) is 14.2 Å². The van der Waals surface area contributed by atoms with Gasteiger partial charge in [-0.3, -0.25) is 4.79 Å². The van der Waals surface area contributed by atoms with Crippen molar-refractivity contribution in [2.45, 2.75) is 25.0 Å². The molecule has 0 radical (unpaired) electrons. The Bertz CT molecular complexity index is 786. The molecule has 1 N–H and O–H groups in total. The summed E-state index contributed by atoms with van der Waals surface area (Å²) in [5, 5.41) is 3.51. The van der Waals surface area contributed by atoms with Gasteiger partial charge < -0.3 is 19.7 Å². The van der Waals surface area contributed by atoms with E-state index in [0.717, 1.165) is 29.7 Å². The van der Waals surface area contributed by atoms with Gasteiger partial charge in [-0.15, -0.1) is 0 Å². The number of fused-ring (bicyclic) bond motifs is 1. The molecule has 2 aromatic carbocycles. The summed E-state index contributed by atoms with van der Waals surface area (Å²) in [4.78, 5) is 15.0. The standard InChI is InChI=1S/C19H20N2O3/c1-23-16-9-5-7-14(17(16)24-2)18-20-15-8-4-3-6-13(15)19(22)21(18)12-10-11-12/h3-9,12,18,20H,10-11H2,1-2H3. The quantitative estimate of drug-likeness (QED) is 0.936. The van der Waals surface area contributed by atoms with Crippen LogP contribution in [0.2, 0.25) is 0 Å². The first-order chi connectivity index (χ1) is 11.7.